The molecule has 0 spiro atoms. The quantitative estimate of drug-likeness (QED) is 0.0209. The largest absolute Gasteiger partial charge is 0.505 e. The molecule has 8 N–H and O–H groups in total. The van der Waals surface area contributed by atoms with Gasteiger partial charge >= 0.3 is 5.69 Å². The first kappa shape index (κ1) is 59.0. The van der Waals surface area contributed by atoms with E-state index in [0.717, 1.165) is 30.7 Å². The van der Waals surface area contributed by atoms with Crippen LogP contribution in [0.2, 0.25) is 30.1 Å². The number of anilines is 4. The maximum atomic E-state index is 13.0. The lowest BCUT2D eigenvalue weighted by atomic mass is 10.2. The number of phenols is 3. The molecule has 9 aromatic rings. The Labute approximate surface area is 489 Å². The minimum Gasteiger partial charge on any atom is -0.505 e. The molecule has 0 saturated carbocycles. The standard InChI is InChI=1S/C19H15Cl3N2OS.C19H14Cl3NO3S.C19H16N2O3S/c20-12-1-4-15(5-2-12)26-18-6-3-13(23)7-11(18)10-24-14-8-16(21)19(25)17(22)9-14;20-13-5-7-15(8-6-13)27(25,26)18-4-2-1-3-12(18)11-23-14-9-16(21)19(24)17(22)10-14;22-18-11-10-15(12-17(18)21(23)24)20-13-14-6-4-5-9-19(14)25-16-7-2-1-3-8-16/h1-9,24-25H,10,23H2;1-10,23-24H,11H2;1-12,20,22H,13H2. The minimum absolute atomic E-state index is 0.104. The summed E-state index contributed by atoms with van der Waals surface area (Å²) in [7, 11) is -3.70. The molecule has 0 saturated heterocycles. The van der Waals surface area contributed by atoms with Crippen LogP contribution in [-0.2, 0) is 29.5 Å². The van der Waals surface area contributed by atoms with Gasteiger partial charge in [0.05, 0.1) is 34.8 Å². The third kappa shape index (κ3) is 16.5. The van der Waals surface area contributed by atoms with E-state index < -0.39 is 14.8 Å². The molecule has 0 bridgehead atoms. The van der Waals surface area contributed by atoms with Crippen LogP contribution in [0.4, 0.5) is 28.4 Å². The third-order valence-electron chi connectivity index (χ3n) is 11.1. The molecule has 0 aromatic heterocycles. The van der Waals surface area contributed by atoms with E-state index in [1.54, 1.807) is 66.0 Å². The van der Waals surface area contributed by atoms with E-state index in [9.17, 15) is 33.9 Å². The van der Waals surface area contributed by atoms with Crippen LogP contribution in [0.25, 0.3) is 0 Å². The van der Waals surface area contributed by atoms with E-state index in [1.165, 1.54) is 48.5 Å². The van der Waals surface area contributed by atoms with Gasteiger partial charge in [0.15, 0.2) is 17.2 Å². The molecule has 400 valence electrons. The van der Waals surface area contributed by atoms with Crippen molar-refractivity contribution in [2.24, 2.45) is 0 Å². The lowest BCUT2D eigenvalue weighted by Gasteiger charge is -2.13. The highest BCUT2D eigenvalue weighted by Crippen LogP contribution is 2.38. The van der Waals surface area contributed by atoms with Gasteiger partial charge in [0.25, 0.3) is 0 Å². The van der Waals surface area contributed by atoms with E-state index in [2.05, 4.69) is 28.1 Å². The summed E-state index contributed by atoms with van der Waals surface area (Å²) < 4.78 is 26.0. The van der Waals surface area contributed by atoms with Crippen LogP contribution in [0.15, 0.2) is 217 Å². The van der Waals surface area contributed by atoms with Crippen LogP contribution < -0.4 is 21.7 Å². The molecule has 0 atom stereocenters. The summed E-state index contributed by atoms with van der Waals surface area (Å²) in [4.78, 5) is 15.1. The number of nitrogen functional groups attached to an aromatic ring is 1. The first-order chi connectivity index (χ1) is 37.3. The van der Waals surface area contributed by atoms with Gasteiger partial charge in [-0.25, -0.2) is 8.42 Å². The average Bonchev–Trinajstić information content (AvgIpc) is 3.42. The molecule has 0 unspecified atom stereocenters. The van der Waals surface area contributed by atoms with Gasteiger partial charge in [-0.15, -0.1) is 0 Å². The molecule has 0 aliphatic carbocycles. The number of nitro groups is 1. The molecule has 9 aromatic carbocycles. The zero-order valence-corrected chi connectivity index (χ0v) is 47.5. The van der Waals surface area contributed by atoms with Crippen molar-refractivity contribution in [1.29, 1.82) is 0 Å². The zero-order chi connectivity index (χ0) is 55.9. The van der Waals surface area contributed by atoms with Gasteiger partial charge in [0.2, 0.25) is 9.84 Å². The van der Waals surface area contributed by atoms with Crippen LogP contribution in [0.3, 0.4) is 0 Å². The van der Waals surface area contributed by atoms with Crippen molar-refractivity contribution >= 4 is 131 Å². The van der Waals surface area contributed by atoms with Gasteiger partial charge < -0.3 is 37.0 Å². The molecule has 0 amide bonds. The van der Waals surface area contributed by atoms with Gasteiger partial charge in [0.1, 0.15) is 0 Å². The number of phenolic OH excluding ortho intramolecular Hbond substituents is 3. The molecule has 78 heavy (non-hydrogen) atoms. The van der Waals surface area contributed by atoms with Crippen LogP contribution in [-0.4, -0.2) is 28.7 Å². The van der Waals surface area contributed by atoms with Crippen molar-refractivity contribution in [1.82, 2.24) is 0 Å². The molecule has 0 aliphatic heterocycles. The summed E-state index contributed by atoms with van der Waals surface area (Å²) >= 11 is 38.9. The van der Waals surface area contributed by atoms with Gasteiger partial charge in [-0.2, -0.15) is 0 Å². The van der Waals surface area contributed by atoms with Crippen molar-refractivity contribution in [2.45, 2.75) is 49.0 Å². The summed E-state index contributed by atoms with van der Waals surface area (Å²) in [5, 5.41) is 51.0. The lowest BCUT2D eigenvalue weighted by Crippen LogP contribution is -2.09. The second kappa shape index (κ2) is 27.8. The number of nitro benzene ring substituents is 1. The SMILES string of the molecule is Nc1ccc(Sc2ccc(Cl)cc2)c(CNc2cc(Cl)c(O)c(Cl)c2)c1.O=S(=O)(c1ccc(Cl)cc1)c1ccccc1CNc1cc(Cl)c(O)c(Cl)c1.O=[N+]([O-])c1cc(NCc2ccccc2Sc2ccccc2)ccc1O. The Morgan fingerprint density at radius 1 is 0.487 bits per heavy atom. The number of hydrogen-bond acceptors (Lipinski definition) is 13. The van der Waals surface area contributed by atoms with Gasteiger partial charge in [0, 0.05) is 78.1 Å². The minimum atomic E-state index is -3.70. The topological polar surface area (TPSA) is 200 Å². The van der Waals surface area contributed by atoms with Crippen molar-refractivity contribution in [3.05, 3.63) is 245 Å². The maximum Gasteiger partial charge on any atom is 0.312 e. The number of rotatable bonds is 16. The number of hydrogen-bond donors (Lipinski definition) is 7. The van der Waals surface area contributed by atoms with E-state index >= 15 is 0 Å². The lowest BCUT2D eigenvalue weighted by molar-refractivity contribution is -0.385. The van der Waals surface area contributed by atoms with Crippen LogP contribution in [0, 0.1) is 10.1 Å². The summed E-state index contributed by atoms with van der Waals surface area (Å²) in [6, 6.07) is 54.8. The van der Waals surface area contributed by atoms with E-state index in [4.69, 9.17) is 75.3 Å². The summed E-state index contributed by atoms with van der Waals surface area (Å²) in [6.07, 6.45) is 0. The van der Waals surface area contributed by atoms with Crippen LogP contribution in [0.5, 0.6) is 17.2 Å². The number of halogens is 6. The summed E-state index contributed by atoms with van der Waals surface area (Å²) in [5.74, 6) is -0.660. The van der Waals surface area contributed by atoms with E-state index in [-0.39, 0.29) is 59.4 Å². The molecular formula is C57H45Cl6N5O7S3. The maximum absolute atomic E-state index is 13.0. The molecule has 0 fully saturated rings. The predicted octanol–water partition coefficient (Wildman–Crippen LogP) is 17.6. The van der Waals surface area contributed by atoms with Gasteiger partial charge in [-0.05, 0) is 144 Å². The fraction of sp³-hybridized carbons (Fsp3) is 0.0526. The summed E-state index contributed by atoms with van der Waals surface area (Å²) in [5.41, 5.74) is 10.9. The fourth-order valence-corrected chi connectivity index (χ4v) is 11.8. The molecular weight excluding hydrogens is 1180 g/mol. The molecule has 0 aliphatic rings. The number of nitrogens with one attached hydrogen (secondary N) is 3. The highest BCUT2D eigenvalue weighted by molar-refractivity contribution is 7.99. The average molecular weight is 1220 g/mol. The zero-order valence-electron chi connectivity index (χ0n) is 40.5. The molecule has 9 rings (SSSR count). The second-order valence-electron chi connectivity index (χ2n) is 16.6. The highest BCUT2D eigenvalue weighted by Gasteiger charge is 2.21. The molecule has 21 heteroatoms. The normalized spacial score (nSPS) is 10.8. The Bertz CT molecular complexity index is 3620. The first-order valence-electron chi connectivity index (χ1n) is 23.1. The Morgan fingerprint density at radius 2 is 0.949 bits per heavy atom. The highest BCUT2D eigenvalue weighted by atomic mass is 35.5. The van der Waals surface area contributed by atoms with Crippen molar-refractivity contribution in [2.75, 3.05) is 21.7 Å². The smallest absolute Gasteiger partial charge is 0.312 e. The van der Waals surface area contributed by atoms with Gasteiger partial charge in [-0.1, -0.05) is 148 Å². The fourth-order valence-electron chi connectivity index (χ4n) is 7.19. The number of sulfone groups is 1. The molecule has 0 radical (unpaired) electrons. The van der Waals surface area contributed by atoms with Crippen LogP contribution in [0.1, 0.15) is 16.7 Å². The number of aromatic hydroxyl groups is 3. The molecule has 12 nitrogen and oxygen atoms in total. The third-order valence-corrected chi connectivity index (χ3v) is 16.9. The first-order valence-corrected chi connectivity index (χ1v) is 28.5. The van der Waals surface area contributed by atoms with Gasteiger partial charge in [-0.3, -0.25) is 10.1 Å². The Morgan fingerprint density at radius 3 is 1.53 bits per heavy atom. The number of benzene rings is 9. The Hall–Kier alpha value is -6.63. The predicted molar refractivity (Wildman–Crippen MR) is 320 cm³/mol. The Balaban J connectivity index is 0.000000170. The Kier molecular flexibility index (Phi) is 21.0. The second-order valence-corrected chi connectivity index (χ2v) is 23.3. The number of nitrogens with zero attached hydrogens (tertiary/aromatic N) is 1. The van der Waals surface area contributed by atoms with E-state index in [0.29, 0.717) is 51.4 Å². The van der Waals surface area contributed by atoms with Crippen molar-refractivity contribution in [3.8, 4) is 17.2 Å². The summed E-state index contributed by atoms with van der Waals surface area (Å²) in [6.45, 7) is 1.27. The van der Waals surface area contributed by atoms with Crippen molar-refractivity contribution < 1.29 is 28.7 Å². The molecule has 0 heterocycles. The van der Waals surface area contributed by atoms with E-state index in [1.807, 2.05) is 84.9 Å². The van der Waals surface area contributed by atoms with Crippen molar-refractivity contribution in [3.63, 3.8) is 0 Å². The number of nitrogens with two attached hydrogens (primary N) is 1. The monoisotopic (exact) mass is 1220 g/mol. The van der Waals surface area contributed by atoms with Crippen LogP contribution >= 0.6 is 93.1 Å².